The standard InChI is InChI=1S/C22H32O3/c1-2-3-4-5-6-7-8-9-10-11-12-13-15-18-21(23)19-16-14-17-20-22(24)25/h3-4,6-7,9-10,12-13,15,18H,2,5,8,11,14,16-17,19-20H2,1H3,(H,24,25). The first-order valence-electron chi connectivity index (χ1n) is 9.19. The van der Waals surface area contributed by atoms with Gasteiger partial charge in [-0.2, -0.15) is 0 Å². The number of ketones is 1. The molecule has 138 valence electrons. The third-order valence-corrected chi connectivity index (χ3v) is 3.40. The number of carboxylic acid groups (broad SMARTS) is 1. The van der Waals surface area contributed by atoms with Crippen LogP contribution in [-0.4, -0.2) is 16.9 Å². The second-order valence-corrected chi connectivity index (χ2v) is 5.74. The van der Waals surface area contributed by atoms with Gasteiger partial charge in [0.1, 0.15) is 0 Å². The van der Waals surface area contributed by atoms with Crippen LogP contribution in [0.2, 0.25) is 0 Å². The molecule has 0 rings (SSSR count). The minimum absolute atomic E-state index is 0.0952. The minimum Gasteiger partial charge on any atom is -0.481 e. The molecule has 25 heavy (non-hydrogen) atoms. The second kappa shape index (κ2) is 18.2. The van der Waals surface area contributed by atoms with Crippen LogP contribution in [0.25, 0.3) is 0 Å². The van der Waals surface area contributed by atoms with Gasteiger partial charge in [0.05, 0.1) is 0 Å². The van der Waals surface area contributed by atoms with Gasteiger partial charge >= 0.3 is 5.97 Å². The first-order chi connectivity index (χ1) is 12.2. The molecule has 0 aliphatic carbocycles. The topological polar surface area (TPSA) is 54.4 Å². The first-order valence-corrected chi connectivity index (χ1v) is 9.19. The van der Waals surface area contributed by atoms with Crippen molar-refractivity contribution in [2.75, 3.05) is 0 Å². The van der Waals surface area contributed by atoms with E-state index in [0.29, 0.717) is 12.8 Å². The highest BCUT2D eigenvalue weighted by molar-refractivity contribution is 5.89. The Bertz CT molecular complexity index is 493. The summed E-state index contributed by atoms with van der Waals surface area (Å²) in [5.74, 6) is -0.677. The van der Waals surface area contributed by atoms with Crippen LogP contribution >= 0.6 is 0 Å². The maximum atomic E-state index is 11.6. The Morgan fingerprint density at radius 2 is 1.28 bits per heavy atom. The largest absolute Gasteiger partial charge is 0.481 e. The molecule has 0 spiro atoms. The van der Waals surface area contributed by atoms with Crippen LogP contribution in [-0.2, 0) is 9.59 Å². The van der Waals surface area contributed by atoms with E-state index in [1.807, 2.05) is 12.2 Å². The highest BCUT2D eigenvalue weighted by atomic mass is 16.4. The Labute approximate surface area is 152 Å². The van der Waals surface area contributed by atoms with Crippen LogP contribution in [0.15, 0.2) is 60.8 Å². The fraction of sp³-hybridized carbons (Fsp3) is 0.455. The van der Waals surface area contributed by atoms with E-state index in [1.165, 1.54) is 0 Å². The summed E-state index contributed by atoms with van der Waals surface area (Å²) < 4.78 is 0. The molecule has 0 amide bonds. The Balaban J connectivity index is 3.63. The van der Waals surface area contributed by atoms with Crippen LogP contribution in [0, 0.1) is 0 Å². The van der Waals surface area contributed by atoms with Crippen LogP contribution in [0.5, 0.6) is 0 Å². The minimum atomic E-state index is -0.773. The van der Waals surface area contributed by atoms with Crippen molar-refractivity contribution in [1.29, 1.82) is 0 Å². The average Bonchev–Trinajstić information content (AvgIpc) is 2.58. The summed E-state index contributed by atoms with van der Waals surface area (Å²) in [5.41, 5.74) is 0. The monoisotopic (exact) mass is 344 g/mol. The van der Waals surface area contributed by atoms with Gasteiger partial charge < -0.3 is 5.11 Å². The predicted octanol–water partition coefficient (Wildman–Crippen LogP) is 5.95. The van der Waals surface area contributed by atoms with E-state index in [9.17, 15) is 9.59 Å². The lowest BCUT2D eigenvalue weighted by Gasteiger charge is -1.96. The highest BCUT2D eigenvalue weighted by Gasteiger charge is 1.99. The number of rotatable bonds is 15. The Kier molecular flexibility index (Phi) is 16.6. The van der Waals surface area contributed by atoms with Crippen molar-refractivity contribution in [3.63, 3.8) is 0 Å². The van der Waals surface area contributed by atoms with Gasteiger partial charge in [-0.1, -0.05) is 68.0 Å². The molecule has 0 saturated heterocycles. The summed E-state index contributed by atoms with van der Waals surface area (Å²) in [6.07, 6.45) is 26.9. The molecule has 1 N–H and O–H groups in total. The molecule has 0 unspecified atom stereocenters. The molecule has 0 fully saturated rings. The average molecular weight is 344 g/mol. The molecule has 0 aromatic carbocycles. The number of allylic oxidation sites excluding steroid dienone is 10. The summed E-state index contributed by atoms with van der Waals surface area (Å²) >= 11 is 0. The number of carbonyl (C=O) groups is 2. The number of hydrogen-bond acceptors (Lipinski definition) is 2. The van der Waals surface area contributed by atoms with Gasteiger partial charge in [0.25, 0.3) is 0 Å². The molecule has 0 radical (unpaired) electrons. The van der Waals surface area contributed by atoms with Gasteiger partial charge in [0.2, 0.25) is 0 Å². The molecular formula is C22H32O3. The van der Waals surface area contributed by atoms with Crippen molar-refractivity contribution in [3.8, 4) is 0 Å². The molecular weight excluding hydrogens is 312 g/mol. The van der Waals surface area contributed by atoms with Crippen molar-refractivity contribution in [2.24, 2.45) is 0 Å². The van der Waals surface area contributed by atoms with Crippen LogP contribution in [0.1, 0.15) is 64.7 Å². The quantitative estimate of drug-likeness (QED) is 0.173. The molecule has 0 atom stereocenters. The lowest BCUT2D eigenvalue weighted by atomic mass is 10.1. The Hall–Kier alpha value is -2.16. The molecule has 0 aliphatic rings. The van der Waals surface area contributed by atoms with Gasteiger partial charge in [-0.3, -0.25) is 9.59 Å². The van der Waals surface area contributed by atoms with Gasteiger partial charge in [-0.25, -0.2) is 0 Å². The van der Waals surface area contributed by atoms with Crippen molar-refractivity contribution in [1.82, 2.24) is 0 Å². The van der Waals surface area contributed by atoms with Crippen LogP contribution in [0.4, 0.5) is 0 Å². The second-order valence-electron chi connectivity index (χ2n) is 5.74. The smallest absolute Gasteiger partial charge is 0.303 e. The molecule has 0 aliphatic heterocycles. The van der Waals surface area contributed by atoms with Crippen molar-refractivity contribution in [2.45, 2.75) is 64.7 Å². The van der Waals surface area contributed by atoms with Crippen molar-refractivity contribution >= 4 is 11.8 Å². The van der Waals surface area contributed by atoms with Gasteiger partial charge in [-0.15, -0.1) is 0 Å². The molecule has 0 saturated carbocycles. The van der Waals surface area contributed by atoms with Gasteiger partial charge in [0.15, 0.2) is 5.78 Å². The normalized spacial score (nSPS) is 12.5. The molecule has 3 nitrogen and oxygen atoms in total. The van der Waals surface area contributed by atoms with E-state index >= 15 is 0 Å². The summed E-state index contributed by atoms with van der Waals surface area (Å²) in [6, 6.07) is 0. The number of unbranched alkanes of at least 4 members (excludes halogenated alkanes) is 2. The van der Waals surface area contributed by atoms with Crippen molar-refractivity contribution < 1.29 is 14.7 Å². The van der Waals surface area contributed by atoms with E-state index in [0.717, 1.165) is 38.5 Å². The van der Waals surface area contributed by atoms with E-state index in [4.69, 9.17) is 5.11 Å². The third kappa shape index (κ3) is 19.8. The lowest BCUT2D eigenvalue weighted by molar-refractivity contribution is -0.137. The zero-order valence-electron chi connectivity index (χ0n) is 15.4. The van der Waals surface area contributed by atoms with Crippen molar-refractivity contribution in [3.05, 3.63) is 60.8 Å². The number of carboxylic acids is 1. The fourth-order valence-electron chi connectivity index (χ4n) is 2.04. The summed E-state index contributed by atoms with van der Waals surface area (Å²) in [4.78, 5) is 21.9. The number of carbonyl (C=O) groups excluding carboxylic acids is 1. The first kappa shape index (κ1) is 22.8. The summed E-state index contributed by atoms with van der Waals surface area (Å²) in [6.45, 7) is 2.13. The van der Waals surface area contributed by atoms with Crippen LogP contribution in [0.3, 0.4) is 0 Å². The number of hydrogen-bond donors (Lipinski definition) is 1. The molecule has 0 bridgehead atoms. The molecule has 0 aromatic heterocycles. The van der Waals surface area contributed by atoms with E-state index in [1.54, 1.807) is 12.2 Å². The summed E-state index contributed by atoms with van der Waals surface area (Å²) in [5, 5.41) is 8.51. The Morgan fingerprint density at radius 3 is 1.88 bits per heavy atom. The summed E-state index contributed by atoms with van der Waals surface area (Å²) in [7, 11) is 0. The molecule has 0 aromatic rings. The molecule has 3 heteroatoms. The molecule has 0 heterocycles. The SMILES string of the molecule is CCC=CCC=CCC=CCC=CC=CC(=O)CCCCCC(=O)O. The van der Waals surface area contributed by atoms with Gasteiger partial charge in [0, 0.05) is 12.8 Å². The maximum Gasteiger partial charge on any atom is 0.303 e. The van der Waals surface area contributed by atoms with E-state index in [2.05, 4.69) is 43.4 Å². The third-order valence-electron chi connectivity index (χ3n) is 3.40. The maximum absolute atomic E-state index is 11.6. The number of aliphatic carboxylic acids is 1. The predicted molar refractivity (Wildman–Crippen MR) is 106 cm³/mol. The zero-order chi connectivity index (χ0) is 18.6. The lowest BCUT2D eigenvalue weighted by Crippen LogP contribution is -1.95. The Morgan fingerprint density at radius 1 is 0.720 bits per heavy atom. The van der Waals surface area contributed by atoms with E-state index in [-0.39, 0.29) is 12.2 Å². The zero-order valence-corrected chi connectivity index (χ0v) is 15.4. The highest BCUT2D eigenvalue weighted by Crippen LogP contribution is 2.04. The fourth-order valence-corrected chi connectivity index (χ4v) is 2.04. The van der Waals surface area contributed by atoms with Crippen LogP contribution < -0.4 is 0 Å². The van der Waals surface area contributed by atoms with Gasteiger partial charge in [-0.05, 0) is 44.6 Å². The van der Waals surface area contributed by atoms with E-state index < -0.39 is 5.97 Å².